The summed E-state index contributed by atoms with van der Waals surface area (Å²) in [5.41, 5.74) is 0. The van der Waals surface area contributed by atoms with Crippen molar-refractivity contribution in [3.63, 3.8) is 0 Å². The third kappa shape index (κ3) is 5.59. The number of piperidine rings is 1. The average Bonchev–Trinajstić information content (AvgIpc) is 3.00. The van der Waals surface area contributed by atoms with Crippen molar-refractivity contribution in [2.75, 3.05) is 40.3 Å². The largest absolute Gasteiger partial charge is 0.338 e. The first kappa shape index (κ1) is 16.8. The molecule has 1 atom stereocenters. The van der Waals surface area contributed by atoms with Crippen LogP contribution >= 0.6 is 0 Å². The second-order valence-corrected chi connectivity index (χ2v) is 7.08. The number of hydrogen-bond donors (Lipinski definition) is 1. The molecule has 0 spiro atoms. The molecule has 0 aromatic carbocycles. The maximum absolute atomic E-state index is 12.7. The van der Waals surface area contributed by atoms with Crippen LogP contribution in [0.1, 0.15) is 51.4 Å². The number of nitrogens with zero attached hydrogens (tertiary/aromatic N) is 2. The summed E-state index contributed by atoms with van der Waals surface area (Å²) in [6.07, 6.45) is 9.39. The van der Waals surface area contributed by atoms with E-state index in [0.717, 1.165) is 39.0 Å². The molecule has 1 heterocycles. The van der Waals surface area contributed by atoms with Crippen LogP contribution in [0.2, 0.25) is 0 Å². The third-order valence-electron chi connectivity index (χ3n) is 5.04. The van der Waals surface area contributed by atoms with Crippen molar-refractivity contribution in [2.24, 2.45) is 5.92 Å². The molecule has 0 radical (unpaired) electrons. The lowest BCUT2D eigenvalue weighted by atomic mass is 9.94. The number of hydrogen-bond acceptors (Lipinski definition) is 3. The fraction of sp³-hybridized carbons (Fsp3) is 0.941. The van der Waals surface area contributed by atoms with Crippen LogP contribution in [0.25, 0.3) is 0 Å². The summed E-state index contributed by atoms with van der Waals surface area (Å²) in [5.74, 6) is 1.11. The van der Waals surface area contributed by atoms with Crippen molar-refractivity contribution in [1.29, 1.82) is 0 Å². The number of carbonyl (C=O) groups excluding carboxylic acids is 1. The first-order valence-electron chi connectivity index (χ1n) is 8.81. The highest BCUT2D eigenvalue weighted by Crippen LogP contribution is 2.25. The topological polar surface area (TPSA) is 35.6 Å². The van der Waals surface area contributed by atoms with E-state index in [2.05, 4.69) is 29.2 Å². The van der Waals surface area contributed by atoms with Crippen LogP contribution in [0.3, 0.4) is 0 Å². The van der Waals surface area contributed by atoms with Crippen LogP contribution in [0.15, 0.2) is 0 Å². The maximum atomic E-state index is 12.7. The summed E-state index contributed by atoms with van der Waals surface area (Å²) in [4.78, 5) is 17.1. The molecule has 0 aromatic rings. The second-order valence-electron chi connectivity index (χ2n) is 7.08. The molecule has 1 amide bonds. The van der Waals surface area contributed by atoms with E-state index in [1.165, 1.54) is 38.5 Å². The van der Waals surface area contributed by atoms with E-state index in [4.69, 9.17) is 0 Å². The van der Waals surface area contributed by atoms with Gasteiger partial charge in [0.05, 0.1) is 0 Å². The van der Waals surface area contributed by atoms with E-state index in [1.54, 1.807) is 0 Å². The number of amides is 1. The van der Waals surface area contributed by atoms with Crippen molar-refractivity contribution in [3.05, 3.63) is 0 Å². The van der Waals surface area contributed by atoms with Gasteiger partial charge < -0.3 is 15.1 Å². The van der Waals surface area contributed by atoms with Gasteiger partial charge >= 0.3 is 0 Å². The van der Waals surface area contributed by atoms with Gasteiger partial charge in [-0.2, -0.15) is 0 Å². The van der Waals surface area contributed by atoms with Crippen molar-refractivity contribution >= 4 is 5.91 Å². The summed E-state index contributed by atoms with van der Waals surface area (Å²) in [5, 5.41) is 3.45. The van der Waals surface area contributed by atoms with E-state index < -0.39 is 0 Å². The minimum atomic E-state index is 0.398. The van der Waals surface area contributed by atoms with E-state index in [1.807, 2.05) is 0 Å². The smallest absolute Gasteiger partial charge is 0.222 e. The van der Waals surface area contributed by atoms with Gasteiger partial charge in [-0.3, -0.25) is 4.79 Å². The van der Waals surface area contributed by atoms with Crippen molar-refractivity contribution in [3.8, 4) is 0 Å². The zero-order valence-corrected chi connectivity index (χ0v) is 13.9. The van der Waals surface area contributed by atoms with Crippen LogP contribution in [-0.4, -0.2) is 62.0 Å². The minimum absolute atomic E-state index is 0.398. The zero-order valence-electron chi connectivity index (χ0n) is 13.9. The van der Waals surface area contributed by atoms with Gasteiger partial charge in [-0.25, -0.2) is 0 Å². The van der Waals surface area contributed by atoms with Crippen LogP contribution in [0.4, 0.5) is 0 Å². The summed E-state index contributed by atoms with van der Waals surface area (Å²) in [6.45, 7) is 4.14. The summed E-state index contributed by atoms with van der Waals surface area (Å²) in [7, 11) is 4.18. The molecule has 0 aromatic heterocycles. The molecule has 4 heteroatoms. The standard InChI is InChI=1S/C17H33N3O/c1-19(2)12-13-20(16-7-3-4-8-16)17(21)10-9-15-6-5-11-18-14-15/h15-16,18H,3-14H2,1-2H3. The van der Waals surface area contributed by atoms with Gasteiger partial charge in [0.1, 0.15) is 0 Å². The molecule has 2 aliphatic rings. The molecule has 2 fully saturated rings. The SMILES string of the molecule is CN(C)CCN(C(=O)CCC1CCCNC1)C1CCCC1. The Morgan fingerprint density at radius 1 is 1.10 bits per heavy atom. The van der Waals surface area contributed by atoms with Crippen molar-refractivity contribution < 1.29 is 4.79 Å². The van der Waals surface area contributed by atoms with Crippen LogP contribution in [0.5, 0.6) is 0 Å². The first-order chi connectivity index (χ1) is 10.2. The Morgan fingerprint density at radius 2 is 1.86 bits per heavy atom. The first-order valence-corrected chi connectivity index (χ1v) is 8.81. The molecular weight excluding hydrogens is 262 g/mol. The molecule has 0 bridgehead atoms. The van der Waals surface area contributed by atoms with Gasteiger partial charge in [0.25, 0.3) is 0 Å². The Kier molecular flexibility index (Phi) is 6.97. The Balaban J connectivity index is 1.80. The van der Waals surface area contributed by atoms with Gasteiger partial charge in [0.2, 0.25) is 5.91 Å². The fourth-order valence-electron chi connectivity index (χ4n) is 3.68. The quantitative estimate of drug-likeness (QED) is 0.781. The van der Waals surface area contributed by atoms with Gasteiger partial charge in [-0.1, -0.05) is 12.8 Å². The zero-order chi connectivity index (χ0) is 15.1. The summed E-state index contributed by atoms with van der Waals surface area (Å²) < 4.78 is 0. The van der Waals surface area contributed by atoms with Crippen molar-refractivity contribution in [2.45, 2.75) is 57.4 Å². The highest BCUT2D eigenvalue weighted by Gasteiger charge is 2.26. The minimum Gasteiger partial charge on any atom is -0.338 e. The van der Waals surface area contributed by atoms with E-state index in [9.17, 15) is 4.79 Å². The van der Waals surface area contributed by atoms with Crippen LogP contribution in [-0.2, 0) is 4.79 Å². The Hall–Kier alpha value is -0.610. The molecule has 1 aliphatic heterocycles. The molecule has 122 valence electrons. The molecular formula is C17H33N3O. The van der Waals surface area contributed by atoms with Crippen molar-refractivity contribution in [1.82, 2.24) is 15.1 Å². The molecule has 4 nitrogen and oxygen atoms in total. The lowest BCUT2D eigenvalue weighted by Gasteiger charge is -2.31. The monoisotopic (exact) mass is 295 g/mol. The molecule has 1 aliphatic carbocycles. The highest BCUT2D eigenvalue weighted by molar-refractivity contribution is 5.76. The number of likely N-dealkylation sites (N-methyl/N-ethyl adjacent to an activating group) is 1. The highest BCUT2D eigenvalue weighted by atomic mass is 16.2. The summed E-state index contributed by atoms with van der Waals surface area (Å²) >= 11 is 0. The van der Waals surface area contributed by atoms with Gasteiger partial charge in [-0.05, 0) is 65.2 Å². The number of nitrogens with one attached hydrogen (secondary N) is 1. The predicted molar refractivity (Wildman–Crippen MR) is 87.4 cm³/mol. The van der Waals surface area contributed by atoms with Gasteiger partial charge in [0.15, 0.2) is 0 Å². The second kappa shape index (κ2) is 8.74. The lowest BCUT2D eigenvalue weighted by molar-refractivity contribution is -0.134. The molecule has 21 heavy (non-hydrogen) atoms. The van der Waals surface area contributed by atoms with E-state index >= 15 is 0 Å². The molecule has 1 unspecified atom stereocenters. The van der Waals surface area contributed by atoms with Gasteiger partial charge in [0, 0.05) is 25.6 Å². The van der Waals surface area contributed by atoms with Crippen LogP contribution < -0.4 is 5.32 Å². The normalized spacial score (nSPS) is 23.7. The number of rotatable bonds is 7. The van der Waals surface area contributed by atoms with E-state index in [-0.39, 0.29) is 0 Å². The van der Waals surface area contributed by atoms with Gasteiger partial charge in [-0.15, -0.1) is 0 Å². The molecule has 1 N–H and O–H groups in total. The predicted octanol–water partition coefficient (Wildman–Crippen LogP) is 2.10. The lowest BCUT2D eigenvalue weighted by Crippen LogP contribution is -2.43. The number of carbonyl (C=O) groups is 1. The molecule has 1 saturated carbocycles. The summed E-state index contributed by atoms with van der Waals surface area (Å²) in [6, 6.07) is 0.516. The Labute approximate surface area is 130 Å². The fourth-order valence-corrected chi connectivity index (χ4v) is 3.68. The maximum Gasteiger partial charge on any atom is 0.222 e. The Bertz CT molecular complexity index is 307. The third-order valence-corrected chi connectivity index (χ3v) is 5.04. The Morgan fingerprint density at radius 3 is 2.48 bits per heavy atom. The van der Waals surface area contributed by atoms with Crippen LogP contribution in [0, 0.1) is 5.92 Å². The van der Waals surface area contributed by atoms with E-state index in [0.29, 0.717) is 17.9 Å². The average molecular weight is 295 g/mol. The molecule has 2 rings (SSSR count). The molecule has 1 saturated heterocycles.